The first-order valence-electron chi connectivity index (χ1n) is 6.41. The van der Waals surface area contributed by atoms with Crippen LogP contribution in [0.1, 0.15) is 24.2 Å². The lowest BCUT2D eigenvalue weighted by molar-refractivity contribution is 0.178. The quantitative estimate of drug-likeness (QED) is 0.899. The number of halogens is 2. The van der Waals surface area contributed by atoms with Crippen molar-refractivity contribution < 1.29 is 9.13 Å². The van der Waals surface area contributed by atoms with Crippen LogP contribution in [0.15, 0.2) is 46.9 Å². The molecule has 0 saturated heterocycles. The van der Waals surface area contributed by atoms with Gasteiger partial charge in [0.2, 0.25) is 0 Å². The number of rotatable bonds is 4. The molecule has 2 nitrogen and oxygen atoms in total. The molecule has 0 radical (unpaired) electrons. The van der Waals surface area contributed by atoms with Gasteiger partial charge in [0.05, 0.1) is 0 Å². The monoisotopic (exact) mass is 337 g/mol. The number of hydrogen-bond acceptors (Lipinski definition) is 2. The van der Waals surface area contributed by atoms with Gasteiger partial charge in [-0.2, -0.15) is 0 Å². The van der Waals surface area contributed by atoms with Gasteiger partial charge in [-0.15, -0.1) is 0 Å². The van der Waals surface area contributed by atoms with E-state index in [9.17, 15) is 4.39 Å². The third-order valence-corrected chi connectivity index (χ3v) is 3.55. The Hall–Kier alpha value is -1.39. The van der Waals surface area contributed by atoms with Gasteiger partial charge in [0.1, 0.15) is 17.7 Å². The lowest BCUT2D eigenvalue weighted by Crippen LogP contribution is -2.29. The van der Waals surface area contributed by atoms with Crippen LogP contribution in [0, 0.1) is 12.7 Å². The molecule has 2 rings (SSSR count). The minimum atomic E-state index is -0.326. The predicted molar refractivity (Wildman–Crippen MR) is 82.3 cm³/mol. The second-order valence-electron chi connectivity index (χ2n) is 4.86. The highest BCUT2D eigenvalue weighted by Crippen LogP contribution is 2.28. The van der Waals surface area contributed by atoms with Gasteiger partial charge in [0.15, 0.2) is 0 Å². The third-order valence-electron chi connectivity index (χ3n) is 3.06. The number of hydrogen-bond donors (Lipinski definition) is 1. The summed E-state index contributed by atoms with van der Waals surface area (Å²) in [5.41, 5.74) is 7.86. The van der Waals surface area contributed by atoms with Crippen molar-refractivity contribution >= 4 is 15.9 Å². The van der Waals surface area contributed by atoms with E-state index in [-0.39, 0.29) is 18.0 Å². The number of benzene rings is 2. The van der Waals surface area contributed by atoms with E-state index in [1.807, 2.05) is 38.1 Å². The Bertz CT molecular complexity index is 601. The SMILES string of the molecule is Cc1ccc(F)cc1OC(c1cccc(Br)c1)C(C)N. The second kappa shape index (κ2) is 6.37. The molecule has 0 bridgehead atoms. The van der Waals surface area contributed by atoms with Crippen molar-refractivity contribution in [1.29, 1.82) is 0 Å². The van der Waals surface area contributed by atoms with Crippen LogP contribution in [-0.2, 0) is 0 Å². The van der Waals surface area contributed by atoms with E-state index >= 15 is 0 Å². The first-order chi connectivity index (χ1) is 9.47. The average molecular weight is 338 g/mol. The largest absolute Gasteiger partial charge is 0.484 e. The molecule has 0 fully saturated rings. The lowest BCUT2D eigenvalue weighted by atomic mass is 10.0. The van der Waals surface area contributed by atoms with Crippen LogP contribution in [0.3, 0.4) is 0 Å². The molecule has 0 heterocycles. The zero-order valence-corrected chi connectivity index (χ0v) is 13.0. The van der Waals surface area contributed by atoms with E-state index in [1.54, 1.807) is 6.07 Å². The number of ether oxygens (including phenoxy) is 1. The lowest BCUT2D eigenvalue weighted by Gasteiger charge is -2.24. The topological polar surface area (TPSA) is 35.2 Å². The Morgan fingerprint density at radius 1 is 1.20 bits per heavy atom. The zero-order chi connectivity index (χ0) is 14.7. The fourth-order valence-electron chi connectivity index (χ4n) is 2.00. The highest BCUT2D eigenvalue weighted by atomic mass is 79.9. The molecule has 0 spiro atoms. The normalized spacial score (nSPS) is 13.8. The van der Waals surface area contributed by atoms with Crippen molar-refractivity contribution in [2.24, 2.45) is 5.73 Å². The standard InChI is InChI=1S/C16H17BrFNO/c1-10-6-7-14(18)9-15(10)20-16(11(2)19)12-4-3-5-13(17)8-12/h3-9,11,16H,19H2,1-2H3. The van der Waals surface area contributed by atoms with Crippen molar-refractivity contribution in [3.63, 3.8) is 0 Å². The summed E-state index contributed by atoms with van der Waals surface area (Å²) in [4.78, 5) is 0. The van der Waals surface area contributed by atoms with Crippen LogP contribution in [0.25, 0.3) is 0 Å². The van der Waals surface area contributed by atoms with Crippen LogP contribution in [0.2, 0.25) is 0 Å². The van der Waals surface area contributed by atoms with Gasteiger partial charge < -0.3 is 10.5 Å². The van der Waals surface area contributed by atoms with Crippen LogP contribution in [-0.4, -0.2) is 6.04 Å². The molecule has 0 aliphatic rings. The fraction of sp³-hybridized carbons (Fsp3) is 0.250. The molecule has 20 heavy (non-hydrogen) atoms. The van der Waals surface area contributed by atoms with E-state index in [0.717, 1.165) is 15.6 Å². The van der Waals surface area contributed by atoms with Crippen LogP contribution in [0.5, 0.6) is 5.75 Å². The Morgan fingerprint density at radius 2 is 1.95 bits per heavy atom. The number of nitrogens with two attached hydrogens (primary N) is 1. The molecule has 2 aromatic rings. The Balaban J connectivity index is 2.33. The summed E-state index contributed by atoms with van der Waals surface area (Å²) < 4.78 is 20.2. The Morgan fingerprint density at radius 3 is 2.60 bits per heavy atom. The summed E-state index contributed by atoms with van der Waals surface area (Å²) >= 11 is 3.43. The van der Waals surface area contributed by atoms with Gasteiger partial charge in [-0.25, -0.2) is 4.39 Å². The Kier molecular flexibility index (Phi) is 4.78. The summed E-state index contributed by atoms with van der Waals surface area (Å²) in [7, 11) is 0. The van der Waals surface area contributed by atoms with Gasteiger partial charge in [0, 0.05) is 16.6 Å². The summed E-state index contributed by atoms with van der Waals surface area (Å²) in [5.74, 6) is 0.204. The minimum Gasteiger partial charge on any atom is -0.484 e. The first kappa shape index (κ1) is 15.0. The molecule has 0 aliphatic carbocycles. The van der Waals surface area contributed by atoms with Gasteiger partial charge >= 0.3 is 0 Å². The molecular weight excluding hydrogens is 321 g/mol. The zero-order valence-electron chi connectivity index (χ0n) is 11.4. The molecule has 2 N–H and O–H groups in total. The number of aryl methyl sites for hydroxylation is 1. The molecular formula is C16H17BrFNO. The van der Waals surface area contributed by atoms with Gasteiger partial charge in [0.25, 0.3) is 0 Å². The smallest absolute Gasteiger partial charge is 0.139 e. The molecule has 4 heteroatoms. The Labute approximate surface area is 126 Å². The maximum absolute atomic E-state index is 13.3. The molecule has 106 valence electrons. The molecule has 0 saturated carbocycles. The van der Waals surface area contributed by atoms with Gasteiger partial charge in [-0.3, -0.25) is 0 Å². The maximum Gasteiger partial charge on any atom is 0.139 e. The summed E-state index contributed by atoms with van der Waals surface area (Å²) in [6.45, 7) is 3.76. The summed E-state index contributed by atoms with van der Waals surface area (Å²) in [6.07, 6.45) is -0.326. The van der Waals surface area contributed by atoms with Crippen molar-refractivity contribution in [2.75, 3.05) is 0 Å². The van der Waals surface area contributed by atoms with E-state index in [4.69, 9.17) is 10.5 Å². The minimum absolute atomic E-state index is 0.216. The van der Waals surface area contributed by atoms with Crippen LogP contribution < -0.4 is 10.5 Å². The van der Waals surface area contributed by atoms with Gasteiger partial charge in [-0.1, -0.05) is 34.1 Å². The van der Waals surface area contributed by atoms with E-state index < -0.39 is 0 Å². The molecule has 2 atom stereocenters. The van der Waals surface area contributed by atoms with Crippen molar-refractivity contribution in [1.82, 2.24) is 0 Å². The highest BCUT2D eigenvalue weighted by Gasteiger charge is 2.19. The average Bonchev–Trinajstić information content (AvgIpc) is 2.39. The van der Waals surface area contributed by atoms with Crippen LogP contribution >= 0.6 is 15.9 Å². The summed E-state index contributed by atoms with van der Waals surface area (Å²) in [5, 5.41) is 0. The van der Waals surface area contributed by atoms with E-state index in [2.05, 4.69) is 15.9 Å². The maximum atomic E-state index is 13.3. The molecule has 0 amide bonds. The third kappa shape index (κ3) is 3.58. The van der Waals surface area contributed by atoms with Crippen molar-refractivity contribution in [3.8, 4) is 5.75 Å². The van der Waals surface area contributed by atoms with Crippen molar-refractivity contribution in [2.45, 2.75) is 26.0 Å². The molecule has 2 unspecified atom stereocenters. The van der Waals surface area contributed by atoms with Crippen LogP contribution in [0.4, 0.5) is 4.39 Å². The predicted octanol–water partition coefficient (Wildman–Crippen LogP) is 4.36. The van der Waals surface area contributed by atoms with Crippen molar-refractivity contribution in [3.05, 3.63) is 63.9 Å². The van der Waals surface area contributed by atoms with E-state index in [0.29, 0.717) is 5.75 Å². The molecule has 2 aromatic carbocycles. The van der Waals surface area contributed by atoms with E-state index in [1.165, 1.54) is 12.1 Å². The first-order valence-corrected chi connectivity index (χ1v) is 7.20. The highest BCUT2D eigenvalue weighted by molar-refractivity contribution is 9.10. The fourth-order valence-corrected chi connectivity index (χ4v) is 2.42. The van der Waals surface area contributed by atoms with Gasteiger partial charge in [-0.05, 0) is 43.2 Å². The molecule has 0 aliphatic heterocycles. The second-order valence-corrected chi connectivity index (χ2v) is 5.78. The summed E-state index contributed by atoms with van der Waals surface area (Å²) in [6, 6.07) is 12.1. The molecule has 0 aromatic heterocycles.